The van der Waals surface area contributed by atoms with Crippen LogP contribution < -0.4 is 0 Å². The van der Waals surface area contributed by atoms with E-state index in [0.29, 0.717) is 0 Å². The van der Waals surface area contributed by atoms with Crippen LogP contribution in [-0.2, 0) is 5.41 Å². The summed E-state index contributed by atoms with van der Waals surface area (Å²) in [6.45, 7) is 4.85. The standard InChI is InChI=1S/C45H30N2S/c1-45(2)34-20-10-6-17-30(34)39-42(45)40-31-18-7-11-21-35(31)46(27-14-4-3-5-15-27)44(40)41-32-19-8-12-22-36(32)47(43(39)41)28-24-25-38-33(26-28)29-16-9-13-23-37(29)48-38/h3-26H,1-2H3. The zero-order valence-corrected chi connectivity index (χ0v) is 27.5. The molecule has 0 radical (unpaired) electrons. The fourth-order valence-electron chi connectivity index (χ4n) is 8.92. The topological polar surface area (TPSA) is 9.86 Å². The molecule has 0 N–H and O–H groups in total. The van der Waals surface area contributed by atoms with Crippen LogP contribution in [0.4, 0.5) is 0 Å². The summed E-state index contributed by atoms with van der Waals surface area (Å²) < 4.78 is 7.75. The molecule has 2 nitrogen and oxygen atoms in total. The number of nitrogens with zero attached hydrogens (tertiary/aromatic N) is 2. The van der Waals surface area contributed by atoms with Gasteiger partial charge in [-0.05, 0) is 65.2 Å². The Bertz CT molecular complexity index is 2970. The lowest BCUT2D eigenvalue weighted by atomic mass is 9.80. The highest BCUT2D eigenvalue weighted by Crippen LogP contribution is 2.58. The summed E-state index contributed by atoms with van der Waals surface area (Å²) in [5.41, 5.74) is 12.7. The van der Waals surface area contributed by atoms with Gasteiger partial charge in [-0.3, -0.25) is 0 Å². The minimum atomic E-state index is -0.196. The third-order valence-electron chi connectivity index (χ3n) is 10.9. The molecule has 3 heteroatoms. The highest BCUT2D eigenvalue weighted by molar-refractivity contribution is 7.25. The normalized spacial score (nSPS) is 13.8. The molecule has 11 rings (SSSR count). The van der Waals surface area contributed by atoms with Gasteiger partial charge in [-0.25, -0.2) is 0 Å². The second-order valence-electron chi connectivity index (χ2n) is 13.7. The van der Waals surface area contributed by atoms with Crippen molar-refractivity contribution in [2.75, 3.05) is 0 Å². The van der Waals surface area contributed by atoms with E-state index in [1.807, 2.05) is 11.3 Å². The van der Waals surface area contributed by atoms with Crippen molar-refractivity contribution in [3.8, 4) is 22.5 Å². The molecule has 10 aromatic rings. The number of rotatable bonds is 2. The van der Waals surface area contributed by atoms with Gasteiger partial charge < -0.3 is 9.13 Å². The molecular weight excluding hydrogens is 601 g/mol. The van der Waals surface area contributed by atoms with E-state index < -0.39 is 0 Å². The molecule has 0 saturated carbocycles. The first-order valence-corrected chi connectivity index (χ1v) is 17.5. The fourth-order valence-corrected chi connectivity index (χ4v) is 10.0. The van der Waals surface area contributed by atoms with Gasteiger partial charge in [0.05, 0.1) is 22.1 Å². The maximum absolute atomic E-state index is 2.57. The molecule has 0 atom stereocenters. The van der Waals surface area contributed by atoms with Crippen LogP contribution in [0.1, 0.15) is 25.0 Å². The number of hydrogen-bond donors (Lipinski definition) is 0. The minimum Gasteiger partial charge on any atom is -0.309 e. The molecule has 1 aliphatic rings. The Kier molecular flexibility index (Phi) is 5.09. The van der Waals surface area contributed by atoms with Gasteiger partial charge in [-0.1, -0.05) is 111 Å². The van der Waals surface area contributed by atoms with Crippen molar-refractivity contribution in [1.82, 2.24) is 9.13 Å². The molecule has 48 heavy (non-hydrogen) atoms. The van der Waals surface area contributed by atoms with E-state index in [2.05, 4.69) is 169 Å². The molecule has 3 aromatic heterocycles. The van der Waals surface area contributed by atoms with Crippen molar-refractivity contribution in [2.24, 2.45) is 0 Å². The molecule has 0 amide bonds. The van der Waals surface area contributed by atoms with Gasteiger partial charge in [0, 0.05) is 64.1 Å². The number of benzene rings is 7. The van der Waals surface area contributed by atoms with Gasteiger partial charge >= 0.3 is 0 Å². The molecule has 0 saturated heterocycles. The average molecular weight is 631 g/mol. The molecule has 0 fully saturated rings. The Morgan fingerprint density at radius 2 is 1.08 bits per heavy atom. The highest BCUT2D eigenvalue weighted by atomic mass is 32.1. The van der Waals surface area contributed by atoms with Crippen LogP contribution in [0.15, 0.2) is 146 Å². The fraction of sp³-hybridized carbons (Fsp3) is 0.0667. The van der Waals surface area contributed by atoms with E-state index in [1.54, 1.807) is 0 Å². The van der Waals surface area contributed by atoms with Gasteiger partial charge in [0.2, 0.25) is 0 Å². The molecule has 0 spiro atoms. The summed E-state index contributed by atoms with van der Waals surface area (Å²) in [5, 5.41) is 7.89. The SMILES string of the molecule is CC1(C)c2ccccc2-c2c1c1c3ccccc3n(-c3ccccc3)c1c1c3ccccc3n(-c3ccc4sc5ccccc5c4c3)c21. The quantitative estimate of drug-likeness (QED) is 0.180. The van der Waals surface area contributed by atoms with Crippen molar-refractivity contribution >= 4 is 75.1 Å². The van der Waals surface area contributed by atoms with Crippen molar-refractivity contribution in [3.63, 3.8) is 0 Å². The first-order chi connectivity index (χ1) is 23.6. The van der Waals surface area contributed by atoms with Crippen molar-refractivity contribution in [1.29, 1.82) is 0 Å². The number of aromatic nitrogens is 2. The molecule has 0 unspecified atom stereocenters. The third-order valence-corrected chi connectivity index (χ3v) is 12.0. The molecule has 226 valence electrons. The van der Waals surface area contributed by atoms with E-state index in [9.17, 15) is 0 Å². The highest BCUT2D eigenvalue weighted by Gasteiger charge is 2.41. The van der Waals surface area contributed by atoms with Crippen LogP contribution in [-0.4, -0.2) is 9.13 Å². The largest absolute Gasteiger partial charge is 0.309 e. The third kappa shape index (κ3) is 3.22. The lowest BCUT2D eigenvalue weighted by Gasteiger charge is -2.23. The number of hydrogen-bond acceptors (Lipinski definition) is 1. The number of fused-ring (bicyclic) bond motifs is 15. The second-order valence-corrected chi connectivity index (χ2v) is 14.8. The van der Waals surface area contributed by atoms with Gasteiger partial charge in [0.25, 0.3) is 0 Å². The lowest BCUT2D eigenvalue weighted by molar-refractivity contribution is 0.667. The Morgan fingerprint density at radius 1 is 0.479 bits per heavy atom. The molecular formula is C45H30N2S. The smallest absolute Gasteiger partial charge is 0.0644 e. The van der Waals surface area contributed by atoms with E-state index in [-0.39, 0.29) is 5.41 Å². The van der Waals surface area contributed by atoms with Crippen molar-refractivity contribution in [3.05, 3.63) is 157 Å². The first-order valence-electron chi connectivity index (χ1n) is 16.7. The average Bonchev–Trinajstić information content (AvgIpc) is 3.84. The minimum absolute atomic E-state index is 0.196. The second kappa shape index (κ2) is 9.25. The molecule has 1 aliphatic carbocycles. The summed E-state index contributed by atoms with van der Waals surface area (Å²) in [6, 6.07) is 54.0. The maximum Gasteiger partial charge on any atom is 0.0644 e. The number of thiophene rings is 1. The predicted octanol–water partition coefficient (Wildman–Crippen LogP) is 12.6. The Balaban J connectivity index is 1.44. The lowest BCUT2D eigenvalue weighted by Crippen LogP contribution is -2.15. The van der Waals surface area contributed by atoms with E-state index in [0.717, 1.165) is 0 Å². The summed E-state index contributed by atoms with van der Waals surface area (Å²) in [7, 11) is 0. The van der Waals surface area contributed by atoms with Gasteiger partial charge in [0.1, 0.15) is 0 Å². The zero-order chi connectivity index (χ0) is 31.7. The maximum atomic E-state index is 2.57. The Hall–Kier alpha value is -5.64. The summed E-state index contributed by atoms with van der Waals surface area (Å²) in [6.07, 6.45) is 0. The number of para-hydroxylation sites is 3. The van der Waals surface area contributed by atoms with Crippen LogP contribution >= 0.6 is 11.3 Å². The Labute approximate surface area is 281 Å². The summed E-state index contributed by atoms with van der Waals surface area (Å²) in [5.74, 6) is 0. The van der Waals surface area contributed by atoms with E-state index in [1.165, 1.54) is 97.4 Å². The predicted molar refractivity (Wildman–Crippen MR) is 206 cm³/mol. The molecule has 0 bridgehead atoms. The van der Waals surface area contributed by atoms with E-state index in [4.69, 9.17) is 0 Å². The van der Waals surface area contributed by atoms with Crippen LogP contribution in [0.2, 0.25) is 0 Å². The molecule has 0 aliphatic heterocycles. The van der Waals surface area contributed by atoms with Gasteiger partial charge in [-0.15, -0.1) is 11.3 Å². The molecule has 7 aromatic carbocycles. The van der Waals surface area contributed by atoms with Crippen LogP contribution in [0.5, 0.6) is 0 Å². The van der Waals surface area contributed by atoms with Gasteiger partial charge in [-0.2, -0.15) is 0 Å². The van der Waals surface area contributed by atoms with Crippen molar-refractivity contribution < 1.29 is 0 Å². The van der Waals surface area contributed by atoms with Crippen LogP contribution in [0.25, 0.3) is 86.3 Å². The van der Waals surface area contributed by atoms with Gasteiger partial charge in [0.15, 0.2) is 0 Å². The van der Waals surface area contributed by atoms with Crippen molar-refractivity contribution in [2.45, 2.75) is 19.3 Å². The van der Waals surface area contributed by atoms with Crippen LogP contribution in [0, 0.1) is 0 Å². The summed E-state index contributed by atoms with van der Waals surface area (Å²) >= 11 is 1.88. The van der Waals surface area contributed by atoms with E-state index >= 15 is 0 Å². The zero-order valence-electron chi connectivity index (χ0n) is 26.7. The monoisotopic (exact) mass is 630 g/mol. The Morgan fingerprint density at radius 3 is 1.88 bits per heavy atom. The van der Waals surface area contributed by atoms with Crippen LogP contribution in [0.3, 0.4) is 0 Å². The summed E-state index contributed by atoms with van der Waals surface area (Å²) in [4.78, 5) is 0. The first kappa shape index (κ1) is 26.4. The molecule has 3 heterocycles.